The second kappa shape index (κ2) is 12.6. The van der Waals surface area contributed by atoms with E-state index in [0.717, 1.165) is 24.2 Å². The smallest absolute Gasteiger partial charge is 0.118 e. The molecule has 1 heteroatoms. The molecule has 0 saturated carbocycles. The van der Waals surface area contributed by atoms with E-state index in [1.807, 2.05) is 13.0 Å². The Kier molecular flexibility index (Phi) is 12.1. The Morgan fingerprint density at radius 1 is 1.09 bits per heavy atom. The van der Waals surface area contributed by atoms with Gasteiger partial charge in [-0.25, -0.2) is 4.39 Å². The van der Waals surface area contributed by atoms with Crippen LogP contribution in [0.15, 0.2) is 35.7 Å². The Morgan fingerprint density at radius 3 is 2.13 bits per heavy atom. The highest BCUT2D eigenvalue weighted by atomic mass is 19.1. The molecule has 0 aliphatic carbocycles. The van der Waals surface area contributed by atoms with E-state index in [2.05, 4.69) is 40.3 Å². The van der Waals surface area contributed by atoms with Crippen LogP contribution in [0, 0.1) is 17.8 Å². The highest BCUT2D eigenvalue weighted by Gasteiger charge is 2.20. The van der Waals surface area contributed by atoms with Crippen LogP contribution in [-0.2, 0) is 0 Å². The lowest BCUT2D eigenvalue weighted by Crippen LogP contribution is -2.16. The molecule has 0 amide bonds. The van der Waals surface area contributed by atoms with Crippen LogP contribution in [-0.4, -0.2) is 0 Å². The molecule has 0 aliphatic heterocycles. The van der Waals surface area contributed by atoms with Crippen molar-refractivity contribution in [2.45, 2.75) is 86.5 Å². The molecule has 0 heterocycles. The van der Waals surface area contributed by atoms with Crippen LogP contribution >= 0.6 is 0 Å². The topological polar surface area (TPSA) is 0 Å². The number of halogens is 1. The first-order valence-corrected chi connectivity index (χ1v) is 9.57. The van der Waals surface area contributed by atoms with Gasteiger partial charge in [0.05, 0.1) is 0 Å². The van der Waals surface area contributed by atoms with Gasteiger partial charge in [0.15, 0.2) is 0 Å². The SMILES string of the molecule is C=C(F)/C(C)=C\C(=CC)CCC(C)C[C@@H](CCC)C(CC)CC. The molecule has 23 heavy (non-hydrogen) atoms. The molecule has 0 saturated heterocycles. The van der Waals surface area contributed by atoms with Crippen LogP contribution in [0.25, 0.3) is 0 Å². The van der Waals surface area contributed by atoms with E-state index in [9.17, 15) is 4.39 Å². The summed E-state index contributed by atoms with van der Waals surface area (Å²) in [6, 6.07) is 0. The number of hydrogen-bond donors (Lipinski definition) is 0. The van der Waals surface area contributed by atoms with Gasteiger partial charge in [0.1, 0.15) is 5.83 Å². The molecule has 0 bridgehead atoms. The average molecular weight is 323 g/mol. The lowest BCUT2D eigenvalue weighted by atomic mass is 9.78. The molecule has 0 aromatic rings. The third-order valence-corrected chi connectivity index (χ3v) is 5.21. The van der Waals surface area contributed by atoms with Crippen molar-refractivity contribution in [1.29, 1.82) is 0 Å². The maximum atomic E-state index is 13.1. The monoisotopic (exact) mass is 322 g/mol. The van der Waals surface area contributed by atoms with E-state index in [1.54, 1.807) is 6.92 Å². The fraction of sp³-hybridized carbons (Fsp3) is 0.727. The highest BCUT2D eigenvalue weighted by Crippen LogP contribution is 2.32. The summed E-state index contributed by atoms with van der Waals surface area (Å²) in [7, 11) is 0. The maximum absolute atomic E-state index is 13.1. The van der Waals surface area contributed by atoms with E-state index in [0.29, 0.717) is 5.57 Å². The first kappa shape index (κ1) is 22.1. The molecule has 0 spiro atoms. The van der Waals surface area contributed by atoms with Crippen molar-refractivity contribution >= 4 is 0 Å². The third-order valence-electron chi connectivity index (χ3n) is 5.21. The van der Waals surface area contributed by atoms with Gasteiger partial charge in [-0.15, -0.1) is 0 Å². The van der Waals surface area contributed by atoms with Crippen molar-refractivity contribution in [2.24, 2.45) is 17.8 Å². The molecule has 0 aliphatic rings. The van der Waals surface area contributed by atoms with Crippen molar-refractivity contribution in [3.8, 4) is 0 Å². The van der Waals surface area contributed by atoms with Gasteiger partial charge in [-0.05, 0) is 56.4 Å². The first-order chi connectivity index (χ1) is 10.9. The Balaban J connectivity index is 4.59. The van der Waals surface area contributed by atoms with E-state index < -0.39 is 0 Å². The molecule has 134 valence electrons. The quantitative estimate of drug-likeness (QED) is 0.319. The van der Waals surface area contributed by atoms with Gasteiger partial charge in [-0.3, -0.25) is 0 Å². The number of hydrogen-bond acceptors (Lipinski definition) is 0. The number of rotatable bonds is 12. The molecule has 0 aromatic carbocycles. The van der Waals surface area contributed by atoms with Crippen LogP contribution in [0.3, 0.4) is 0 Å². The summed E-state index contributed by atoms with van der Waals surface area (Å²) in [6.07, 6.45) is 12.8. The van der Waals surface area contributed by atoms with Gasteiger partial charge >= 0.3 is 0 Å². The lowest BCUT2D eigenvalue weighted by molar-refractivity contribution is 0.238. The molecule has 2 atom stereocenters. The Bertz CT molecular complexity index is 385. The van der Waals surface area contributed by atoms with Crippen LogP contribution in [0.5, 0.6) is 0 Å². The largest absolute Gasteiger partial charge is 0.207 e. The summed E-state index contributed by atoms with van der Waals surface area (Å²) in [5, 5.41) is 0. The molecular formula is C22H39F. The Hall–Kier alpha value is -0.850. The third kappa shape index (κ3) is 9.13. The molecule has 0 nitrogen and oxygen atoms in total. The van der Waals surface area contributed by atoms with Gasteiger partial charge < -0.3 is 0 Å². The molecular weight excluding hydrogens is 283 g/mol. The first-order valence-electron chi connectivity index (χ1n) is 9.57. The second-order valence-electron chi connectivity index (χ2n) is 7.10. The minimum Gasteiger partial charge on any atom is -0.207 e. The maximum Gasteiger partial charge on any atom is 0.118 e. The van der Waals surface area contributed by atoms with E-state index in [1.165, 1.54) is 44.1 Å². The minimum atomic E-state index is -0.325. The van der Waals surface area contributed by atoms with Gasteiger partial charge in [0.2, 0.25) is 0 Å². The summed E-state index contributed by atoms with van der Waals surface area (Å²) in [4.78, 5) is 0. The van der Waals surface area contributed by atoms with Crippen molar-refractivity contribution in [1.82, 2.24) is 0 Å². The highest BCUT2D eigenvalue weighted by molar-refractivity contribution is 5.30. The molecule has 0 fully saturated rings. The zero-order chi connectivity index (χ0) is 17.8. The summed E-state index contributed by atoms with van der Waals surface area (Å²) in [5.74, 6) is 2.14. The summed E-state index contributed by atoms with van der Waals surface area (Å²) < 4.78 is 13.1. The van der Waals surface area contributed by atoms with Gasteiger partial charge in [0, 0.05) is 0 Å². The molecule has 0 rings (SSSR count). The van der Waals surface area contributed by atoms with E-state index in [-0.39, 0.29) is 5.83 Å². The van der Waals surface area contributed by atoms with Gasteiger partial charge in [0.25, 0.3) is 0 Å². The Morgan fingerprint density at radius 2 is 1.70 bits per heavy atom. The second-order valence-corrected chi connectivity index (χ2v) is 7.10. The number of allylic oxidation sites excluding steroid dienone is 5. The molecule has 0 N–H and O–H groups in total. The summed E-state index contributed by atoms with van der Waals surface area (Å²) in [6.45, 7) is 16.5. The van der Waals surface area contributed by atoms with Gasteiger partial charge in [-0.2, -0.15) is 0 Å². The normalized spacial score (nSPS) is 15.8. The van der Waals surface area contributed by atoms with Crippen LogP contribution in [0.1, 0.15) is 86.5 Å². The molecule has 0 aromatic heterocycles. The zero-order valence-electron chi connectivity index (χ0n) is 16.4. The minimum absolute atomic E-state index is 0.325. The fourth-order valence-electron chi connectivity index (χ4n) is 3.58. The van der Waals surface area contributed by atoms with Crippen LogP contribution < -0.4 is 0 Å². The summed E-state index contributed by atoms with van der Waals surface area (Å²) in [5.41, 5.74) is 1.87. The summed E-state index contributed by atoms with van der Waals surface area (Å²) >= 11 is 0. The van der Waals surface area contributed by atoms with Gasteiger partial charge in [-0.1, -0.05) is 77.7 Å². The molecule has 1 unspecified atom stereocenters. The molecule has 0 radical (unpaired) electrons. The standard InChI is InChI=1S/C22H39F/c1-8-12-22(21(10-3)11-4)15-17(5)13-14-20(9-2)16-18(6)19(7)23/h9,16-17,21-22H,7-8,10-15H2,1-6H3/b18-16-,20-9?/t17?,22-/m1/s1. The predicted molar refractivity (Wildman–Crippen MR) is 103 cm³/mol. The van der Waals surface area contributed by atoms with Crippen LogP contribution in [0.4, 0.5) is 4.39 Å². The van der Waals surface area contributed by atoms with Crippen molar-refractivity contribution in [3.63, 3.8) is 0 Å². The zero-order valence-corrected chi connectivity index (χ0v) is 16.4. The van der Waals surface area contributed by atoms with Crippen molar-refractivity contribution < 1.29 is 4.39 Å². The average Bonchev–Trinajstić information content (AvgIpc) is 2.52. The van der Waals surface area contributed by atoms with E-state index >= 15 is 0 Å². The lowest BCUT2D eigenvalue weighted by Gasteiger charge is -2.28. The van der Waals surface area contributed by atoms with Crippen molar-refractivity contribution in [2.75, 3.05) is 0 Å². The predicted octanol–water partition coefficient (Wildman–Crippen LogP) is 8.02. The van der Waals surface area contributed by atoms with Crippen LogP contribution in [0.2, 0.25) is 0 Å². The fourth-order valence-corrected chi connectivity index (χ4v) is 3.58. The Labute approximate surface area is 144 Å². The van der Waals surface area contributed by atoms with Crippen molar-refractivity contribution in [3.05, 3.63) is 35.7 Å². The van der Waals surface area contributed by atoms with E-state index in [4.69, 9.17) is 0 Å².